The molecule has 4 unspecified atom stereocenters. The number of methoxy groups -OCH3 is 1. The summed E-state index contributed by atoms with van der Waals surface area (Å²) in [6, 6.07) is 4.73. The number of ketones is 1. The zero-order valence-electron chi connectivity index (χ0n) is 16.5. The van der Waals surface area contributed by atoms with Crippen LogP contribution < -0.4 is 4.74 Å². The van der Waals surface area contributed by atoms with Crippen LogP contribution in [0.25, 0.3) is 31.8 Å². The minimum atomic E-state index is -0.344. The molecule has 1 aromatic carbocycles. The Morgan fingerprint density at radius 1 is 1.37 bits per heavy atom. The molecule has 5 rings (SSSR count). The molecule has 2 aromatic rings. The second kappa shape index (κ2) is 8.04. The highest BCUT2D eigenvalue weighted by Gasteiger charge is 2.43. The van der Waals surface area contributed by atoms with Gasteiger partial charge in [-0.05, 0) is 65.6 Å². The van der Waals surface area contributed by atoms with E-state index in [1.165, 1.54) is 7.11 Å². The van der Waals surface area contributed by atoms with Crippen molar-refractivity contribution >= 4 is 28.2 Å². The Balaban J connectivity index is 1.92. The fraction of sp³-hybridized carbons (Fsp3) is 0.400. The van der Waals surface area contributed by atoms with Crippen LogP contribution in [0.3, 0.4) is 0 Å². The van der Waals surface area contributed by atoms with Crippen molar-refractivity contribution in [3.8, 4) is 5.75 Å². The van der Waals surface area contributed by atoms with Gasteiger partial charge in [0.05, 0.1) is 24.4 Å². The Morgan fingerprint density at radius 2 is 2.17 bits per heavy atom. The van der Waals surface area contributed by atoms with Gasteiger partial charge in [-0.2, -0.15) is 0 Å². The molecule has 2 bridgehead atoms. The van der Waals surface area contributed by atoms with Crippen molar-refractivity contribution in [2.24, 2.45) is 22.1 Å². The number of hydrogen-bond acceptors (Lipinski definition) is 6. The largest absolute Gasteiger partial charge is 0.497 e. The molecule has 0 radical (unpaired) electrons. The molecule has 10 heteroatoms. The Kier molecular flexibility index (Phi) is 5.29. The maximum atomic E-state index is 13.8. The number of azide groups is 2. The molecule has 30 heavy (non-hydrogen) atoms. The number of fused-ring (bicyclic) bond motifs is 4. The van der Waals surface area contributed by atoms with E-state index in [-0.39, 0.29) is 28.9 Å². The number of pyridine rings is 1. The fourth-order valence-electron chi connectivity index (χ4n) is 4.62. The summed E-state index contributed by atoms with van der Waals surface area (Å²) in [6.45, 7) is 5.53. The summed E-state index contributed by atoms with van der Waals surface area (Å²) < 4.78 is 5.31. The number of hydrogen-bond donors (Lipinski definition) is 0. The summed E-state index contributed by atoms with van der Waals surface area (Å²) in [4.78, 5) is 25.9. The summed E-state index contributed by atoms with van der Waals surface area (Å²) >= 11 is 0. The lowest BCUT2D eigenvalue weighted by Crippen LogP contribution is -2.55. The number of carbonyl (C=O) groups excluding carboxylic acids is 1. The lowest BCUT2D eigenvalue weighted by atomic mass is 9.74. The number of carbonyl (C=O) groups is 1. The van der Waals surface area contributed by atoms with Crippen molar-refractivity contribution in [1.82, 2.24) is 9.88 Å². The molecule has 4 atom stereocenters. The standard InChI is InChI=1S/C20H20N8O2/c1-3-11-10-28-7-6-12(11)8-16(28)19(29)17-14-9-13(30-2)4-5-15(14)23-20(25-27-22)18(17)24-26-21/h3-5,9,11-12,16H,1,6-8,10H2,2H3. The van der Waals surface area contributed by atoms with E-state index in [1.54, 1.807) is 18.2 Å². The predicted octanol–water partition coefficient (Wildman–Crippen LogP) is 5.21. The number of nitrogens with zero attached hydrogens (tertiary/aromatic N) is 8. The van der Waals surface area contributed by atoms with Crippen LogP contribution >= 0.6 is 0 Å². The van der Waals surface area contributed by atoms with Gasteiger partial charge in [-0.1, -0.05) is 11.2 Å². The number of piperidine rings is 3. The lowest BCUT2D eigenvalue weighted by Gasteiger charge is -2.48. The Morgan fingerprint density at radius 3 is 2.80 bits per heavy atom. The van der Waals surface area contributed by atoms with Crippen molar-refractivity contribution in [2.45, 2.75) is 18.9 Å². The van der Waals surface area contributed by atoms with E-state index in [0.29, 0.717) is 34.9 Å². The van der Waals surface area contributed by atoms with Gasteiger partial charge in [0.2, 0.25) is 0 Å². The predicted molar refractivity (Wildman–Crippen MR) is 112 cm³/mol. The minimum absolute atomic E-state index is 0.0519. The van der Waals surface area contributed by atoms with E-state index in [0.717, 1.165) is 19.5 Å². The molecule has 3 aliphatic heterocycles. The van der Waals surface area contributed by atoms with Crippen molar-refractivity contribution in [3.05, 3.63) is 57.3 Å². The third kappa shape index (κ3) is 3.23. The van der Waals surface area contributed by atoms with E-state index < -0.39 is 0 Å². The highest BCUT2D eigenvalue weighted by Crippen LogP contribution is 2.42. The van der Waals surface area contributed by atoms with E-state index >= 15 is 0 Å². The first-order valence-corrected chi connectivity index (χ1v) is 9.64. The van der Waals surface area contributed by atoms with Crippen molar-refractivity contribution in [3.63, 3.8) is 0 Å². The Bertz CT molecular complexity index is 1130. The zero-order valence-corrected chi connectivity index (χ0v) is 16.5. The molecular weight excluding hydrogens is 384 g/mol. The molecule has 0 saturated carbocycles. The van der Waals surface area contributed by atoms with E-state index in [4.69, 9.17) is 15.8 Å². The summed E-state index contributed by atoms with van der Waals surface area (Å²) in [7, 11) is 1.53. The van der Waals surface area contributed by atoms with Gasteiger partial charge in [-0.25, -0.2) is 4.98 Å². The maximum Gasteiger partial charge on any atom is 0.181 e. The first kappa shape index (κ1) is 19.7. The molecule has 10 nitrogen and oxygen atoms in total. The first-order valence-electron chi connectivity index (χ1n) is 9.64. The first-order chi connectivity index (χ1) is 14.6. The SMILES string of the molecule is C=CC1CN2CCC1CC2C(=O)c1c(N=[N+]=[N-])c(N=[N+]=[N-])nc2ccc(OC)cc12. The Hall–Kier alpha value is -3.58. The van der Waals surface area contributed by atoms with Crippen molar-refractivity contribution < 1.29 is 9.53 Å². The zero-order chi connectivity index (χ0) is 21.3. The van der Waals surface area contributed by atoms with Crippen molar-refractivity contribution in [1.29, 1.82) is 0 Å². The van der Waals surface area contributed by atoms with Crippen LogP contribution in [0.4, 0.5) is 11.5 Å². The van der Waals surface area contributed by atoms with Crippen LogP contribution in [-0.2, 0) is 0 Å². The number of Topliss-reactive ketones (excluding diaryl/α,β-unsaturated/α-hetero) is 1. The van der Waals surface area contributed by atoms with Gasteiger partial charge in [0.15, 0.2) is 5.78 Å². The molecule has 0 aliphatic carbocycles. The maximum absolute atomic E-state index is 13.8. The molecule has 1 aromatic heterocycles. The van der Waals surface area contributed by atoms with E-state index in [1.807, 2.05) is 6.08 Å². The minimum Gasteiger partial charge on any atom is -0.497 e. The topological polar surface area (TPSA) is 140 Å². The van der Waals surface area contributed by atoms with Crippen LogP contribution in [0.2, 0.25) is 0 Å². The van der Waals surface area contributed by atoms with Gasteiger partial charge in [0.25, 0.3) is 0 Å². The van der Waals surface area contributed by atoms with E-state index in [9.17, 15) is 4.79 Å². The highest BCUT2D eigenvalue weighted by atomic mass is 16.5. The van der Waals surface area contributed by atoms with Crippen LogP contribution in [0.15, 0.2) is 41.1 Å². The molecule has 0 spiro atoms. The number of aromatic nitrogens is 1. The summed E-state index contributed by atoms with van der Waals surface area (Å²) in [5.74, 6) is 1.02. The Labute approximate surface area is 172 Å². The van der Waals surface area contributed by atoms with Gasteiger partial charge in [-0.3, -0.25) is 9.69 Å². The third-order valence-corrected chi connectivity index (χ3v) is 6.09. The molecule has 152 valence electrons. The fourth-order valence-corrected chi connectivity index (χ4v) is 4.62. The van der Waals surface area contributed by atoms with Gasteiger partial charge < -0.3 is 4.74 Å². The molecule has 3 saturated heterocycles. The number of ether oxygens (including phenoxy) is 1. The molecule has 3 aliphatic rings. The average molecular weight is 404 g/mol. The number of rotatable bonds is 6. The van der Waals surface area contributed by atoms with Gasteiger partial charge in [0, 0.05) is 27.3 Å². The van der Waals surface area contributed by atoms with Gasteiger partial charge in [0.1, 0.15) is 11.6 Å². The van der Waals surface area contributed by atoms with Gasteiger partial charge in [-0.15, -0.1) is 6.58 Å². The molecule has 0 amide bonds. The highest BCUT2D eigenvalue weighted by molar-refractivity contribution is 6.15. The van der Waals surface area contributed by atoms with Crippen LogP contribution in [0.5, 0.6) is 5.75 Å². The van der Waals surface area contributed by atoms with Crippen molar-refractivity contribution in [2.75, 3.05) is 20.2 Å². The summed E-state index contributed by atoms with van der Waals surface area (Å²) in [5.41, 5.74) is 18.7. The summed E-state index contributed by atoms with van der Waals surface area (Å²) in [6.07, 6.45) is 3.70. The molecular formula is C20H20N8O2. The van der Waals surface area contributed by atoms with Crippen LogP contribution in [0.1, 0.15) is 23.2 Å². The average Bonchev–Trinajstić information content (AvgIpc) is 2.79. The smallest absolute Gasteiger partial charge is 0.181 e. The second-order valence-corrected chi connectivity index (χ2v) is 7.48. The molecule has 4 heterocycles. The molecule has 3 fully saturated rings. The molecule has 0 N–H and O–H groups in total. The quantitative estimate of drug-likeness (QED) is 0.214. The van der Waals surface area contributed by atoms with Crippen LogP contribution in [-0.4, -0.2) is 41.9 Å². The van der Waals surface area contributed by atoms with E-state index in [2.05, 4.69) is 36.5 Å². The monoisotopic (exact) mass is 404 g/mol. The third-order valence-electron chi connectivity index (χ3n) is 6.09. The van der Waals surface area contributed by atoms with Crippen LogP contribution in [0, 0.1) is 11.8 Å². The summed E-state index contributed by atoms with van der Waals surface area (Å²) in [5, 5.41) is 7.77. The number of benzene rings is 1. The second-order valence-electron chi connectivity index (χ2n) is 7.48. The normalized spacial score (nSPS) is 24.6. The lowest BCUT2D eigenvalue weighted by molar-refractivity contribution is 0.0206. The van der Waals surface area contributed by atoms with Gasteiger partial charge >= 0.3 is 0 Å².